The Balaban J connectivity index is 3.08. The Morgan fingerprint density at radius 3 is 2.41 bits per heavy atom. The lowest BCUT2D eigenvalue weighted by Crippen LogP contribution is -2.40. The fraction of sp³-hybridized carbons (Fsp3) is 0.500. The van der Waals surface area contributed by atoms with Crippen LogP contribution in [-0.2, 0) is 0 Å². The average molecular weight is 274 g/mol. The van der Waals surface area contributed by atoms with E-state index >= 15 is 0 Å². The summed E-state index contributed by atoms with van der Waals surface area (Å²) >= 11 is 2.42. The summed E-state index contributed by atoms with van der Waals surface area (Å²) in [5, 5.41) is 11.7. The highest BCUT2D eigenvalue weighted by Gasteiger charge is 2.25. The lowest BCUT2D eigenvalue weighted by Gasteiger charge is -2.19. The minimum Gasteiger partial charge on any atom is -0.476 e. The van der Waals surface area contributed by atoms with Crippen molar-refractivity contribution in [1.29, 1.82) is 0 Å². The molecule has 0 radical (unpaired) electrons. The summed E-state index contributed by atoms with van der Waals surface area (Å²) in [5.41, 5.74) is -0.586. The van der Waals surface area contributed by atoms with Gasteiger partial charge >= 0.3 is 5.97 Å². The van der Waals surface area contributed by atoms with E-state index in [0.717, 1.165) is 11.3 Å². The number of aromatic nitrogens is 1. The smallest absolute Gasteiger partial charge is 0.356 e. The van der Waals surface area contributed by atoms with E-state index in [1.54, 1.807) is 6.26 Å². The summed E-state index contributed by atoms with van der Waals surface area (Å²) in [6.07, 6.45) is 1.79. The second-order valence-electron chi connectivity index (χ2n) is 4.37. The Bertz CT molecular complexity index is 449. The molecule has 0 saturated carbocycles. The minimum atomic E-state index is -1.18. The molecular formula is C10H14N2O3S2. The summed E-state index contributed by atoms with van der Waals surface area (Å²) in [6.45, 7) is 5.51. The van der Waals surface area contributed by atoms with E-state index in [-0.39, 0.29) is 10.6 Å². The number of carbonyl (C=O) groups is 2. The Morgan fingerprint density at radius 1 is 1.41 bits per heavy atom. The summed E-state index contributed by atoms with van der Waals surface area (Å²) in [7, 11) is 0. The molecule has 2 N–H and O–H groups in total. The molecule has 0 fully saturated rings. The van der Waals surface area contributed by atoms with Crippen molar-refractivity contribution in [2.45, 2.75) is 30.6 Å². The zero-order chi connectivity index (χ0) is 13.2. The summed E-state index contributed by atoms with van der Waals surface area (Å²) in [5.74, 6) is -1.58. The van der Waals surface area contributed by atoms with Gasteiger partial charge in [0.05, 0.1) is 0 Å². The van der Waals surface area contributed by atoms with E-state index in [0.29, 0.717) is 4.34 Å². The molecule has 1 heterocycles. The molecule has 0 aromatic carbocycles. The van der Waals surface area contributed by atoms with Crippen LogP contribution in [0.15, 0.2) is 4.34 Å². The van der Waals surface area contributed by atoms with Crippen LogP contribution >= 0.6 is 23.1 Å². The number of amides is 1. The van der Waals surface area contributed by atoms with Crippen molar-refractivity contribution in [3.8, 4) is 0 Å². The second kappa shape index (κ2) is 5.05. The van der Waals surface area contributed by atoms with Gasteiger partial charge in [0.1, 0.15) is 4.88 Å². The number of thiazole rings is 1. The maximum Gasteiger partial charge on any atom is 0.356 e. The minimum absolute atomic E-state index is 0.150. The first-order chi connectivity index (χ1) is 7.74. The maximum atomic E-state index is 11.9. The topological polar surface area (TPSA) is 79.3 Å². The van der Waals surface area contributed by atoms with Crippen molar-refractivity contribution in [1.82, 2.24) is 10.3 Å². The Labute approximate surface area is 108 Å². The predicted octanol–water partition coefficient (Wildman–Crippen LogP) is 2.09. The molecule has 1 rings (SSSR count). The van der Waals surface area contributed by atoms with Gasteiger partial charge in [-0.3, -0.25) is 4.79 Å². The molecule has 1 aromatic rings. The van der Waals surface area contributed by atoms with Crippen LogP contribution in [0.4, 0.5) is 0 Å². The highest BCUT2D eigenvalue weighted by Crippen LogP contribution is 2.26. The SMILES string of the molecule is CSc1nc(C(=O)O)c(C(=O)NC(C)(C)C)s1. The number of thioether (sulfide) groups is 1. The maximum absolute atomic E-state index is 11.9. The van der Waals surface area contributed by atoms with Gasteiger partial charge in [0.25, 0.3) is 5.91 Å². The second-order valence-corrected chi connectivity index (χ2v) is 6.42. The van der Waals surface area contributed by atoms with Crippen molar-refractivity contribution in [2.24, 2.45) is 0 Å². The lowest BCUT2D eigenvalue weighted by atomic mass is 10.1. The van der Waals surface area contributed by atoms with Crippen molar-refractivity contribution < 1.29 is 14.7 Å². The first-order valence-corrected chi connectivity index (χ1v) is 6.89. The van der Waals surface area contributed by atoms with Crippen LogP contribution in [0.5, 0.6) is 0 Å². The highest BCUT2D eigenvalue weighted by molar-refractivity contribution is 8.00. The molecule has 7 heteroatoms. The quantitative estimate of drug-likeness (QED) is 0.825. The number of carboxylic acids is 1. The van der Waals surface area contributed by atoms with Crippen LogP contribution in [0.3, 0.4) is 0 Å². The largest absolute Gasteiger partial charge is 0.476 e. The van der Waals surface area contributed by atoms with Gasteiger partial charge in [0, 0.05) is 5.54 Å². The zero-order valence-electron chi connectivity index (χ0n) is 10.0. The van der Waals surface area contributed by atoms with Gasteiger partial charge in [-0.05, 0) is 27.0 Å². The Kier molecular flexibility index (Phi) is 4.16. The first kappa shape index (κ1) is 14.0. The van der Waals surface area contributed by atoms with Crippen molar-refractivity contribution in [3.05, 3.63) is 10.6 Å². The number of nitrogens with one attached hydrogen (secondary N) is 1. The lowest BCUT2D eigenvalue weighted by molar-refractivity contribution is 0.0684. The number of hydrogen-bond donors (Lipinski definition) is 2. The third-order valence-electron chi connectivity index (χ3n) is 1.68. The van der Waals surface area contributed by atoms with Gasteiger partial charge in [-0.2, -0.15) is 0 Å². The summed E-state index contributed by atoms with van der Waals surface area (Å²) < 4.78 is 0.571. The van der Waals surface area contributed by atoms with Gasteiger partial charge < -0.3 is 10.4 Å². The highest BCUT2D eigenvalue weighted by atomic mass is 32.2. The number of nitrogens with zero attached hydrogens (tertiary/aromatic N) is 1. The van der Waals surface area contributed by atoms with E-state index in [1.807, 2.05) is 20.8 Å². The van der Waals surface area contributed by atoms with Gasteiger partial charge in [0.2, 0.25) is 0 Å². The fourth-order valence-corrected chi connectivity index (χ4v) is 2.53. The van der Waals surface area contributed by atoms with Crippen molar-refractivity contribution in [3.63, 3.8) is 0 Å². The van der Waals surface area contributed by atoms with Crippen LogP contribution in [0.2, 0.25) is 0 Å². The number of aromatic carboxylic acids is 1. The third kappa shape index (κ3) is 3.71. The van der Waals surface area contributed by atoms with E-state index in [9.17, 15) is 9.59 Å². The van der Waals surface area contributed by atoms with Crippen molar-refractivity contribution in [2.75, 3.05) is 6.26 Å². The molecule has 0 aliphatic heterocycles. The summed E-state index contributed by atoms with van der Waals surface area (Å²) in [4.78, 5) is 26.9. The monoisotopic (exact) mass is 274 g/mol. The molecule has 0 aliphatic rings. The molecule has 94 valence electrons. The number of hydrogen-bond acceptors (Lipinski definition) is 5. The zero-order valence-corrected chi connectivity index (χ0v) is 11.7. The molecule has 1 amide bonds. The number of carboxylic acid groups (broad SMARTS) is 1. The van der Waals surface area contributed by atoms with Crippen LogP contribution in [0.25, 0.3) is 0 Å². The molecule has 0 saturated heterocycles. The number of carbonyl (C=O) groups excluding carboxylic acids is 1. The number of rotatable bonds is 3. The summed E-state index contributed by atoms with van der Waals surface area (Å²) in [6, 6.07) is 0. The molecule has 0 spiro atoms. The van der Waals surface area contributed by atoms with E-state index in [4.69, 9.17) is 5.11 Å². The normalized spacial score (nSPS) is 11.3. The van der Waals surface area contributed by atoms with Crippen LogP contribution in [0.1, 0.15) is 40.9 Å². The molecule has 0 unspecified atom stereocenters. The van der Waals surface area contributed by atoms with Crippen LogP contribution in [0, 0.1) is 0 Å². The Morgan fingerprint density at radius 2 is 2.00 bits per heavy atom. The molecular weight excluding hydrogens is 260 g/mol. The van der Waals surface area contributed by atoms with Gasteiger partial charge in [-0.15, -0.1) is 11.3 Å². The van der Waals surface area contributed by atoms with Crippen molar-refractivity contribution >= 4 is 35.0 Å². The van der Waals surface area contributed by atoms with E-state index in [1.165, 1.54) is 11.8 Å². The standard InChI is InChI=1S/C10H14N2O3S2/c1-10(2,3)12-7(13)6-5(8(14)15)11-9(16-4)17-6/h1-4H3,(H,12,13)(H,14,15). The Hall–Kier alpha value is -1.08. The molecule has 1 aromatic heterocycles. The van der Waals surface area contributed by atoms with Crippen LogP contribution < -0.4 is 5.32 Å². The predicted molar refractivity (Wildman–Crippen MR) is 68.1 cm³/mol. The fourth-order valence-electron chi connectivity index (χ4n) is 1.08. The molecule has 0 bridgehead atoms. The molecule has 0 atom stereocenters. The van der Waals surface area contributed by atoms with E-state index < -0.39 is 17.4 Å². The average Bonchev–Trinajstić information content (AvgIpc) is 2.58. The van der Waals surface area contributed by atoms with E-state index in [2.05, 4.69) is 10.3 Å². The van der Waals surface area contributed by atoms with Crippen LogP contribution in [-0.4, -0.2) is 33.8 Å². The first-order valence-electron chi connectivity index (χ1n) is 4.85. The molecule has 17 heavy (non-hydrogen) atoms. The van der Waals surface area contributed by atoms with Gasteiger partial charge in [-0.1, -0.05) is 11.8 Å². The molecule has 0 aliphatic carbocycles. The molecule has 5 nitrogen and oxygen atoms in total. The van der Waals surface area contributed by atoms with Gasteiger partial charge in [0.15, 0.2) is 10.0 Å². The third-order valence-corrected chi connectivity index (χ3v) is 3.72. The van der Waals surface area contributed by atoms with Gasteiger partial charge in [-0.25, -0.2) is 9.78 Å².